The molecule has 0 bridgehead atoms. The highest BCUT2D eigenvalue weighted by molar-refractivity contribution is 7.19. The number of nitrogens with one attached hydrogen (secondary N) is 2. The first-order chi connectivity index (χ1) is 16.3. The Morgan fingerprint density at radius 2 is 1.88 bits per heavy atom. The van der Waals surface area contributed by atoms with Crippen LogP contribution in [0.1, 0.15) is 54.1 Å². The SMILES string of the molecule is CCOC(=O)c1c(NC(=O)c2cc3ncccn3n2)sc(C(=O)Nc2ccc(C)cc2C)c1C. The number of carbonyl (C=O) groups excluding carboxylic acids is 3. The average Bonchev–Trinajstić information content (AvgIpc) is 3.37. The molecule has 0 fully saturated rings. The first-order valence-electron chi connectivity index (χ1n) is 10.6. The van der Waals surface area contributed by atoms with E-state index in [1.165, 1.54) is 10.6 Å². The highest BCUT2D eigenvalue weighted by Crippen LogP contribution is 2.35. The Kier molecular flexibility index (Phi) is 6.42. The van der Waals surface area contributed by atoms with Crippen molar-refractivity contribution in [2.24, 2.45) is 0 Å². The van der Waals surface area contributed by atoms with E-state index >= 15 is 0 Å². The molecule has 0 atom stereocenters. The number of anilines is 2. The van der Waals surface area contributed by atoms with Gasteiger partial charge in [-0.25, -0.2) is 14.3 Å². The van der Waals surface area contributed by atoms with Gasteiger partial charge in [-0.1, -0.05) is 17.7 Å². The summed E-state index contributed by atoms with van der Waals surface area (Å²) < 4.78 is 6.66. The smallest absolute Gasteiger partial charge is 0.341 e. The van der Waals surface area contributed by atoms with Crippen molar-refractivity contribution in [1.82, 2.24) is 14.6 Å². The maximum Gasteiger partial charge on any atom is 0.341 e. The van der Waals surface area contributed by atoms with E-state index in [-0.39, 0.29) is 28.8 Å². The number of fused-ring (bicyclic) bond motifs is 1. The number of rotatable bonds is 6. The molecule has 0 radical (unpaired) electrons. The number of carbonyl (C=O) groups is 3. The fraction of sp³-hybridized carbons (Fsp3) is 0.208. The second kappa shape index (κ2) is 9.44. The molecule has 0 saturated carbocycles. The van der Waals surface area contributed by atoms with Crippen LogP contribution in [0.5, 0.6) is 0 Å². The number of ether oxygens (including phenoxy) is 1. The van der Waals surface area contributed by atoms with E-state index in [1.54, 1.807) is 32.3 Å². The Morgan fingerprint density at radius 1 is 1.09 bits per heavy atom. The zero-order valence-electron chi connectivity index (χ0n) is 19.1. The molecule has 3 heterocycles. The Morgan fingerprint density at radius 3 is 2.59 bits per heavy atom. The summed E-state index contributed by atoms with van der Waals surface area (Å²) in [4.78, 5) is 43.2. The molecule has 0 aliphatic rings. The van der Waals surface area contributed by atoms with Crippen molar-refractivity contribution >= 4 is 45.5 Å². The minimum absolute atomic E-state index is 0.126. The van der Waals surface area contributed by atoms with Gasteiger partial charge < -0.3 is 15.4 Å². The lowest BCUT2D eigenvalue weighted by Gasteiger charge is -2.09. The summed E-state index contributed by atoms with van der Waals surface area (Å²) in [5.74, 6) is -1.52. The van der Waals surface area contributed by atoms with Crippen molar-refractivity contribution in [3.05, 3.63) is 75.6 Å². The topological polar surface area (TPSA) is 115 Å². The lowest BCUT2D eigenvalue weighted by Crippen LogP contribution is -2.15. The van der Waals surface area contributed by atoms with Crippen LogP contribution < -0.4 is 10.6 Å². The monoisotopic (exact) mass is 477 g/mol. The molecule has 9 nitrogen and oxygen atoms in total. The largest absolute Gasteiger partial charge is 0.462 e. The number of benzene rings is 1. The number of aryl methyl sites for hydroxylation is 2. The highest BCUT2D eigenvalue weighted by Gasteiger charge is 2.27. The summed E-state index contributed by atoms with van der Waals surface area (Å²) in [6, 6.07) is 8.94. The minimum atomic E-state index is -0.617. The van der Waals surface area contributed by atoms with E-state index in [0.29, 0.717) is 21.8 Å². The molecule has 4 rings (SSSR count). The van der Waals surface area contributed by atoms with E-state index in [4.69, 9.17) is 4.74 Å². The standard InChI is InChI=1S/C24H23N5O4S/c1-5-33-24(32)19-15(4)20(22(31)26-16-8-7-13(2)11-14(16)3)34-23(19)27-21(30)17-12-18-25-9-6-10-29(18)28-17/h6-12H,5H2,1-4H3,(H,26,31)(H,27,30). The number of esters is 1. The minimum Gasteiger partial charge on any atom is -0.462 e. The second-order valence-corrected chi connectivity index (χ2v) is 8.68. The third-order valence-electron chi connectivity index (χ3n) is 5.16. The summed E-state index contributed by atoms with van der Waals surface area (Å²) in [5, 5.41) is 10.0. The first-order valence-corrected chi connectivity index (χ1v) is 11.4. The summed E-state index contributed by atoms with van der Waals surface area (Å²) in [6.45, 7) is 7.38. The van der Waals surface area contributed by atoms with Gasteiger partial charge in [-0.3, -0.25) is 9.59 Å². The predicted molar refractivity (Wildman–Crippen MR) is 130 cm³/mol. The van der Waals surface area contributed by atoms with Crippen LogP contribution in [0.25, 0.3) is 5.65 Å². The lowest BCUT2D eigenvalue weighted by atomic mass is 10.1. The normalized spacial score (nSPS) is 10.8. The molecular formula is C24H23N5O4S. The Labute approximate surface area is 199 Å². The van der Waals surface area contributed by atoms with Gasteiger partial charge in [-0.15, -0.1) is 11.3 Å². The van der Waals surface area contributed by atoms with Gasteiger partial charge in [-0.05, 0) is 51.0 Å². The van der Waals surface area contributed by atoms with E-state index in [0.717, 1.165) is 22.5 Å². The van der Waals surface area contributed by atoms with Gasteiger partial charge in [0.05, 0.1) is 17.0 Å². The summed E-state index contributed by atoms with van der Waals surface area (Å²) in [6.07, 6.45) is 3.27. The van der Waals surface area contributed by atoms with Crippen LogP contribution in [-0.4, -0.2) is 39.0 Å². The molecule has 34 heavy (non-hydrogen) atoms. The number of amides is 2. The first kappa shape index (κ1) is 23.1. The van der Waals surface area contributed by atoms with Crippen LogP contribution in [0, 0.1) is 20.8 Å². The second-order valence-electron chi connectivity index (χ2n) is 7.66. The Balaban J connectivity index is 1.67. The molecule has 2 amide bonds. The molecular weight excluding hydrogens is 454 g/mol. The van der Waals surface area contributed by atoms with Gasteiger partial charge in [0.1, 0.15) is 5.00 Å². The predicted octanol–water partition coefficient (Wildman–Crippen LogP) is 4.40. The van der Waals surface area contributed by atoms with Crippen molar-refractivity contribution in [2.45, 2.75) is 27.7 Å². The number of hydrogen-bond acceptors (Lipinski definition) is 7. The maximum atomic E-state index is 13.1. The van der Waals surface area contributed by atoms with Gasteiger partial charge in [0, 0.05) is 24.1 Å². The molecule has 0 aliphatic heterocycles. The van der Waals surface area contributed by atoms with Gasteiger partial charge in [0.15, 0.2) is 11.3 Å². The molecule has 0 saturated heterocycles. The molecule has 2 N–H and O–H groups in total. The summed E-state index contributed by atoms with van der Waals surface area (Å²) >= 11 is 1.01. The molecule has 3 aromatic heterocycles. The van der Waals surface area contributed by atoms with Gasteiger partial charge in [0.2, 0.25) is 0 Å². The van der Waals surface area contributed by atoms with Gasteiger partial charge >= 0.3 is 5.97 Å². The number of hydrogen-bond donors (Lipinski definition) is 2. The number of nitrogens with zero attached hydrogens (tertiary/aromatic N) is 3. The average molecular weight is 478 g/mol. The summed E-state index contributed by atoms with van der Waals surface area (Å²) in [5.41, 5.74) is 3.88. The van der Waals surface area contributed by atoms with Crippen molar-refractivity contribution in [3.63, 3.8) is 0 Å². The van der Waals surface area contributed by atoms with Crippen LogP contribution in [0.4, 0.5) is 10.7 Å². The fourth-order valence-corrected chi connectivity index (χ4v) is 4.59. The van der Waals surface area contributed by atoms with Crippen LogP contribution in [0.2, 0.25) is 0 Å². The van der Waals surface area contributed by atoms with Crippen LogP contribution in [0.15, 0.2) is 42.7 Å². The molecule has 0 spiro atoms. The quantitative estimate of drug-likeness (QED) is 0.398. The zero-order chi connectivity index (χ0) is 24.4. The van der Waals surface area contributed by atoms with E-state index in [2.05, 4.69) is 20.7 Å². The Hall–Kier alpha value is -4.05. The van der Waals surface area contributed by atoms with Crippen LogP contribution in [-0.2, 0) is 4.74 Å². The number of aromatic nitrogens is 3. The number of thiophene rings is 1. The van der Waals surface area contributed by atoms with Crippen molar-refractivity contribution < 1.29 is 19.1 Å². The fourth-order valence-electron chi connectivity index (χ4n) is 3.51. The van der Waals surface area contributed by atoms with E-state index in [1.807, 2.05) is 32.0 Å². The van der Waals surface area contributed by atoms with Crippen molar-refractivity contribution in [2.75, 3.05) is 17.2 Å². The Bertz CT molecular complexity index is 1390. The van der Waals surface area contributed by atoms with Crippen LogP contribution >= 0.6 is 11.3 Å². The third-order valence-corrected chi connectivity index (χ3v) is 6.36. The van der Waals surface area contributed by atoms with E-state index < -0.39 is 11.9 Å². The molecule has 174 valence electrons. The molecule has 10 heteroatoms. The lowest BCUT2D eigenvalue weighted by molar-refractivity contribution is 0.0527. The van der Waals surface area contributed by atoms with Gasteiger partial charge in [-0.2, -0.15) is 5.10 Å². The van der Waals surface area contributed by atoms with E-state index in [9.17, 15) is 14.4 Å². The zero-order valence-corrected chi connectivity index (χ0v) is 19.9. The van der Waals surface area contributed by atoms with Crippen molar-refractivity contribution in [3.8, 4) is 0 Å². The molecule has 4 aromatic rings. The molecule has 0 unspecified atom stereocenters. The molecule has 1 aromatic carbocycles. The third kappa shape index (κ3) is 4.53. The van der Waals surface area contributed by atoms with Crippen LogP contribution in [0.3, 0.4) is 0 Å². The highest BCUT2D eigenvalue weighted by atomic mass is 32.1. The molecule has 0 aliphatic carbocycles. The summed E-state index contributed by atoms with van der Waals surface area (Å²) in [7, 11) is 0. The van der Waals surface area contributed by atoms with Crippen molar-refractivity contribution in [1.29, 1.82) is 0 Å². The maximum absolute atomic E-state index is 13.1. The van der Waals surface area contributed by atoms with Gasteiger partial charge in [0.25, 0.3) is 11.8 Å².